The van der Waals surface area contributed by atoms with Crippen LogP contribution < -0.4 is 15.0 Å². The molecule has 3 rings (SSSR count). The lowest BCUT2D eigenvalue weighted by molar-refractivity contribution is -0.885. The molecule has 0 saturated carbocycles. The van der Waals surface area contributed by atoms with Crippen LogP contribution >= 0.6 is 0 Å². The molecule has 0 radical (unpaired) electrons. The van der Waals surface area contributed by atoms with Gasteiger partial charge in [-0.05, 0) is 35.4 Å². The Balaban J connectivity index is 1.70. The van der Waals surface area contributed by atoms with E-state index in [4.69, 9.17) is 4.74 Å². The number of carbonyl (C=O) groups is 1. The van der Waals surface area contributed by atoms with Crippen LogP contribution in [0.5, 0.6) is 5.75 Å². The zero-order valence-corrected chi connectivity index (χ0v) is 16.7. The first-order valence-electron chi connectivity index (χ1n) is 9.59. The molecule has 0 fully saturated rings. The van der Waals surface area contributed by atoms with Gasteiger partial charge in [-0.2, -0.15) is 0 Å². The van der Waals surface area contributed by atoms with Crippen molar-refractivity contribution in [3.8, 4) is 5.75 Å². The highest BCUT2D eigenvalue weighted by atomic mass is 19.1. The third-order valence-electron chi connectivity index (χ3n) is 4.74. The molecular weight excluding hydrogens is 367 g/mol. The van der Waals surface area contributed by atoms with Crippen molar-refractivity contribution in [2.24, 2.45) is 0 Å². The van der Waals surface area contributed by atoms with Crippen LogP contribution in [0.2, 0.25) is 0 Å². The van der Waals surface area contributed by atoms with Crippen molar-refractivity contribution in [2.75, 3.05) is 20.7 Å². The summed E-state index contributed by atoms with van der Waals surface area (Å²) in [5, 5.41) is 3.14. The Morgan fingerprint density at radius 2 is 1.69 bits per heavy atom. The van der Waals surface area contributed by atoms with Gasteiger partial charge in [0.1, 0.15) is 18.1 Å². The molecule has 0 aromatic heterocycles. The molecule has 0 aliphatic rings. The number of amides is 1. The molecule has 2 N–H and O–H groups in total. The second-order valence-electron chi connectivity index (χ2n) is 7.12. The van der Waals surface area contributed by atoms with Crippen molar-refractivity contribution in [1.82, 2.24) is 5.32 Å². The maximum absolute atomic E-state index is 13.4. The van der Waals surface area contributed by atoms with Crippen LogP contribution in [0.25, 0.3) is 0 Å². The van der Waals surface area contributed by atoms with Crippen molar-refractivity contribution in [2.45, 2.75) is 12.6 Å². The summed E-state index contributed by atoms with van der Waals surface area (Å²) in [6, 6.07) is 23.8. The van der Waals surface area contributed by atoms with Crippen molar-refractivity contribution in [1.29, 1.82) is 0 Å². The van der Waals surface area contributed by atoms with E-state index in [1.165, 1.54) is 12.1 Å². The van der Waals surface area contributed by atoms with Crippen molar-refractivity contribution in [3.05, 3.63) is 101 Å². The maximum atomic E-state index is 13.4. The average Bonchev–Trinajstić information content (AvgIpc) is 2.72. The zero-order valence-electron chi connectivity index (χ0n) is 16.7. The summed E-state index contributed by atoms with van der Waals surface area (Å²) in [6.45, 7) is 0.861. The number of likely N-dealkylation sites (N-methyl/N-ethyl adjacent to an activating group) is 1. The minimum atomic E-state index is -0.261. The Kier molecular flexibility index (Phi) is 6.98. The molecule has 5 heteroatoms. The number of carbonyl (C=O) groups excluding carboxylic acids is 1. The molecule has 0 bridgehead atoms. The van der Waals surface area contributed by atoms with E-state index in [1.807, 2.05) is 67.7 Å². The van der Waals surface area contributed by atoms with Gasteiger partial charge in [-0.15, -0.1) is 0 Å². The largest absolute Gasteiger partial charge is 0.497 e. The van der Waals surface area contributed by atoms with E-state index in [9.17, 15) is 9.18 Å². The molecule has 1 amide bonds. The molecule has 0 aliphatic heterocycles. The van der Waals surface area contributed by atoms with Gasteiger partial charge in [-0.1, -0.05) is 54.6 Å². The molecule has 3 aromatic rings. The van der Waals surface area contributed by atoms with Gasteiger partial charge in [-0.3, -0.25) is 4.79 Å². The predicted molar refractivity (Wildman–Crippen MR) is 111 cm³/mol. The van der Waals surface area contributed by atoms with Gasteiger partial charge in [0.25, 0.3) is 5.91 Å². The summed E-state index contributed by atoms with van der Waals surface area (Å²) in [4.78, 5) is 13.7. The van der Waals surface area contributed by atoms with Crippen LogP contribution in [0.3, 0.4) is 0 Å². The first kappa shape index (κ1) is 20.6. The molecule has 3 aromatic carbocycles. The Morgan fingerprint density at radius 1 is 1.00 bits per heavy atom. The maximum Gasteiger partial charge on any atom is 0.275 e. The average molecular weight is 393 g/mol. The molecule has 0 spiro atoms. The number of nitrogens with one attached hydrogen (secondary N) is 2. The third-order valence-corrected chi connectivity index (χ3v) is 4.74. The van der Waals surface area contributed by atoms with Crippen molar-refractivity contribution < 1.29 is 18.8 Å². The van der Waals surface area contributed by atoms with Crippen LogP contribution in [-0.2, 0) is 11.3 Å². The zero-order chi connectivity index (χ0) is 20.6. The van der Waals surface area contributed by atoms with Crippen LogP contribution in [0, 0.1) is 5.82 Å². The monoisotopic (exact) mass is 393 g/mol. The predicted octanol–water partition coefficient (Wildman–Crippen LogP) is 2.75. The third kappa shape index (κ3) is 5.90. The lowest BCUT2D eigenvalue weighted by Gasteiger charge is -2.21. The molecule has 0 heterocycles. The second kappa shape index (κ2) is 9.85. The smallest absolute Gasteiger partial charge is 0.275 e. The van der Waals surface area contributed by atoms with Crippen LogP contribution in [-0.4, -0.2) is 26.6 Å². The highest BCUT2D eigenvalue weighted by molar-refractivity contribution is 5.78. The Hall–Kier alpha value is -3.18. The number of rotatable bonds is 8. The number of hydrogen-bond acceptors (Lipinski definition) is 2. The van der Waals surface area contributed by atoms with Gasteiger partial charge >= 0.3 is 0 Å². The van der Waals surface area contributed by atoms with Crippen LogP contribution in [0.1, 0.15) is 22.7 Å². The summed E-state index contributed by atoms with van der Waals surface area (Å²) in [5.74, 6) is 0.443. The molecule has 1 unspecified atom stereocenters. The molecule has 2 atom stereocenters. The Labute approximate surface area is 170 Å². The SMILES string of the molecule is COc1ccc([C@@H](NC(=O)C[NH+](C)Cc2cccc(F)c2)c2ccccc2)cc1. The Bertz CT molecular complexity index is 929. The topological polar surface area (TPSA) is 42.8 Å². The number of benzene rings is 3. The fourth-order valence-corrected chi connectivity index (χ4v) is 3.34. The molecule has 29 heavy (non-hydrogen) atoms. The van der Waals surface area contributed by atoms with E-state index in [0.717, 1.165) is 27.3 Å². The van der Waals surface area contributed by atoms with Crippen molar-refractivity contribution >= 4 is 5.91 Å². The van der Waals surface area contributed by atoms with Crippen molar-refractivity contribution in [3.63, 3.8) is 0 Å². The van der Waals surface area contributed by atoms with Gasteiger partial charge in [0.15, 0.2) is 6.54 Å². The summed E-state index contributed by atoms with van der Waals surface area (Å²) in [5.41, 5.74) is 2.85. The van der Waals surface area contributed by atoms with Crippen LogP contribution in [0.15, 0.2) is 78.9 Å². The minimum absolute atomic E-state index is 0.0661. The van der Waals surface area contributed by atoms with Gasteiger partial charge < -0.3 is 15.0 Å². The van der Waals surface area contributed by atoms with Gasteiger partial charge in [0.2, 0.25) is 0 Å². The van der Waals surface area contributed by atoms with E-state index in [0.29, 0.717) is 6.54 Å². The summed E-state index contributed by atoms with van der Waals surface area (Å²) < 4.78 is 18.6. The second-order valence-corrected chi connectivity index (χ2v) is 7.12. The number of halogens is 1. The standard InChI is InChI=1S/C24H25FN2O2/c1-27(16-18-7-6-10-21(25)15-18)17-23(28)26-24(19-8-4-3-5-9-19)20-11-13-22(29-2)14-12-20/h3-15,24H,16-17H2,1-2H3,(H,26,28)/p+1/t24-/m0/s1. The first-order chi connectivity index (χ1) is 14.0. The molecule has 4 nitrogen and oxygen atoms in total. The number of quaternary nitrogens is 1. The molecule has 0 saturated heterocycles. The van der Waals surface area contributed by atoms with E-state index >= 15 is 0 Å². The lowest BCUT2D eigenvalue weighted by atomic mass is 9.98. The summed E-state index contributed by atoms with van der Waals surface area (Å²) in [7, 11) is 3.55. The molecule has 0 aliphatic carbocycles. The summed E-state index contributed by atoms with van der Waals surface area (Å²) in [6.07, 6.45) is 0. The van der Waals surface area contributed by atoms with Gasteiger partial charge in [-0.25, -0.2) is 4.39 Å². The number of ether oxygens (including phenoxy) is 1. The lowest BCUT2D eigenvalue weighted by Crippen LogP contribution is -3.08. The first-order valence-corrected chi connectivity index (χ1v) is 9.59. The summed E-state index contributed by atoms with van der Waals surface area (Å²) >= 11 is 0. The van der Waals surface area contributed by atoms with E-state index in [1.54, 1.807) is 13.2 Å². The van der Waals surface area contributed by atoms with E-state index in [2.05, 4.69) is 5.32 Å². The highest BCUT2D eigenvalue weighted by Gasteiger charge is 2.19. The quantitative estimate of drug-likeness (QED) is 0.618. The molecular formula is C24H26FN2O2+. The van der Waals surface area contributed by atoms with Gasteiger partial charge in [0.05, 0.1) is 20.2 Å². The number of methoxy groups -OCH3 is 1. The fourth-order valence-electron chi connectivity index (χ4n) is 3.34. The van der Waals surface area contributed by atoms with E-state index in [-0.39, 0.29) is 24.3 Å². The van der Waals surface area contributed by atoms with E-state index < -0.39 is 0 Å². The Morgan fingerprint density at radius 3 is 2.34 bits per heavy atom. The van der Waals surface area contributed by atoms with Gasteiger partial charge in [0, 0.05) is 5.56 Å². The fraction of sp³-hybridized carbons (Fsp3) is 0.208. The van der Waals surface area contributed by atoms with Crippen LogP contribution in [0.4, 0.5) is 4.39 Å². The highest BCUT2D eigenvalue weighted by Crippen LogP contribution is 2.24. The molecule has 150 valence electrons. The normalized spacial score (nSPS) is 12.8. The number of hydrogen-bond donors (Lipinski definition) is 2. The minimum Gasteiger partial charge on any atom is -0.497 e.